The van der Waals surface area contributed by atoms with Crippen molar-refractivity contribution in [1.29, 1.82) is 0 Å². The Hall–Kier alpha value is -3.84. The first-order chi connectivity index (χ1) is 17.0. The molecule has 7 heteroatoms. The minimum atomic E-state index is -0.856. The molecule has 0 N–H and O–H groups in total. The quantitative estimate of drug-likeness (QED) is 0.322. The fourth-order valence-electron chi connectivity index (χ4n) is 4.00. The minimum Gasteiger partial charge on any atom is -0.462 e. The standard InChI is InChI=1S/C28H26N2O4S/c1-4-17-29(21-11-7-6-8-12-21)26(31)19(3)30-23-18-20(28(33)34-5-2)15-16-25(23)35-24-14-10-9-13-22(24)27(30)32/h4,6-16,18-19H,1,5,17H2,2-3H3/t19-/m1/s1. The van der Waals surface area contributed by atoms with Crippen LogP contribution < -0.4 is 9.80 Å². The number of nitrogens with zero attached hydrogens (tertiary/aromatic N) is 2. The van der Waals surface area contributed by atoms with E-state index in [1.54, 1.807) is 55.2 Å². The summed E-state index contributed by atoms with van der Waals surface area (Å²) in [7, 11) is 0. The number of para-hydroxylation sites is 1. The van der Waals surface area contributed by atoms with Gasteiger partial charge in [-0.1, -0.05) is 48.2 Å². The molecule has 178 valence electrons. The summed E-state index contributed by atoms with van der Waals surface area (Å²) in [6.45, 7) is 7.77. The van der Waals surface area contributed by atoms with Gasteiger partial charge in [0.05, 0.1) is 23.4 Å². The monoisotopic (exact) mass is 486 g/mol. The van der Waals surface area contributed by atoms with Crippen LogP contribution in [0.15, 0.2) is 95.2 Å². The summed E-state index contributed by atoms with van der Waals surface area (Å²) in [6.07, 6.45) is 1.65. The second-order valence-corrected chi connectivity index (χ2v) is 9.01. The summed E-state index contributed by atoms with van der Waals surface area (Å²) >= 11 is 1.43. The summed E-state index contributed by atoms with van der Waals surface area (Å²) in [6, 6.07) is 20.8. The van der Waals surface area contributed by atoms with Gasteiger partial charge in [-0.15, -0.1) is 6.58 Å². The summed E-state index contributed by atoms with van der Waals surface area (Å²) in [4.78, 5) is 44.8. The molecule has 1 heterocycles. The zero-order chi connectivity index (χ0) is 24.9. The maximum atomic E-state index is 13.9. The number of hydrogen-bond acceptors (Lipinski definition) is 5. The molecule has 4 rings (SSSR count). The molecule has 35 heavy (non-hydrogen) atoms. The molecule has 0 spiro atoms. The van der Waals surface area contributed by atoms with Crippen LogP contribution in [0.3, 0.4) is 0 Å². The molecule has 1 aliphatic rings. The Morgan fingerprint density at radius 3 is 2.49 bits per heavy atom. The number of fused-ring (bicyclic) bond motifs is 2. The molecule has 0 aliphatic carbocycles. The summed E-state index contributed by atoms with van der Waals surface area (Å²) in [5.74, 6) is -1.05. The smallest absolute Gasteiger partial charge is 0.338 e. The molecule has 3 aromatic rings. The van der Waals surface area contributed by atoms with Gasteiger partial charge in [-0.2, -0.15) is 0 Å². The highest BCUT2D eigenvalue weighted by Crippen LogP contribution is 2.42. The summed E-state index contributed by atoms with van der Waals surface area (Å²) in [5.41, 5.74) is 2.03. The lowest BCUT2D eigenvalue weighted by Crippen LogP contribution is -2.50. The van der Waals surface area contributed by atoms with Crippen LogP contribution in [-0.4, -0.2) is 37.0 Å². The molecular formula is C28H26N2O4S. The first-order valence-electron chi connectivity index (χ1n) is 11.3. The van der Waals surface area contributed by atoms with Gasteiger partial charge in [0, 0.05) is 22.0 Å². The molecule has 1 aliphatic heterocycles. The molecule has 3 aromatic carbocycles. The van der Waals surface area contributed by atoms with E-state index in [1.807, 2.05) is 42.5 Å². The molecule has 0 radical (unpaired) electrons. The van der Waals surface area contributed by atoms with E-state index in [-0.39, 0.29) is 25.0 Å². The van der Waals surface area contributed by atoms with Crippen molar-refractivity contribution in [2.75, 3.05) is 23.0 Å². The number of benzene rings is 3. The second kappa shape index (κ2) is 10.6. The van der Waals surface area contributed by atoms with Crippen LogP contribution in [0.4, 0.5) is 11.4 Å². The Morgan fingerprint density at radius 2 is 1.77 bits per heavy atom. The van der Waals surface area contributed by atoms with Gasteiger partial charge in [-0.25, -0.2) is 4.79 Å². The Kier molecular flexibility index (Phi) is 7.36. The van der Waals surface area contributed by atoms with Gasteiger partial charge >= 0.3 is 5.97 Å². The molecule has 0 unspecified atom stereocenters. The van der Waals surface area contributed by atoms with Crippen LogP contribution in [0.5, 0.6) is 0 Å². The molecule has 0 saturated carbocycles. The Morgan fingerprint density at radius 1 is 1.06 bits per heavy atom. The lowest BCUT2D eigenvalue weighted by molar-refractivity contribution is -0.119. The number of rotatable bonds is 7. The zero-order valence-corrected chi connectivity index (χ0v) is 20.5. The van der Waals surface area contributed by atoms with Gasteiger partial charge in [0.15, 0.2) is 0 Å². The highest BCUT2D eigenvalue weighted by Gasteiger charge is 2.36. The molecular weight excluding hydrogens is 460 g/mol. The molecule has 6 nitrogen and oxygen atoms in total. The first kappa shape index (κ1) is 24.3. The predicted molar refractivity (Wildman–Crippen MR) is 138 cm³/mol. The Balaban J connectivity index is 1.83. The van der Waals surface area contributed by atoms with Gasteiger partial charge in [0.25, 0.3) is 5.91 Å². The average Bonchev–Trinajstić information content (AvgIpc) is 3.00. The van der Waals surface area contributed by atoms with Gasteiger partial charge < -0.3 is 9.64 Å². The van der Waals surface area contributed by atoms with Crippen molar-refractivity contribution in [3.05, 3.63) is 96.6 Å². The predicted octanol–water partition coefficient (Wildman–Crippen LogP) is 5.58. The largest absolute Gasteiger partial charge is 0.462 e. The highest BCUT2D eigenvalue weighted by atomic mass is 32.2. The fraction of sp³-hybridized carbons (Fsp3) is 0.179. The topological polar surface area (TPSA) is 66.9 Å². The maximum Gasteiger partial charge on any atom is 0.338 e. The van der Waals surface area contributed by atoms with Crippen molar-refractivity contribution < 1.29 is 19.1 Å². The zero-order valence-electron chi connectivity index (χ0n) is 19.6. The minimum absolute atomic E-state index is 0.237. The number of ether oxygens (including phenoxy) is 1. The molecule has 0 aromatic heterocycles. The van der Waals surface area contributed by atoms with Crippen molar-refractivity contribution in [3.8, 4) is 0 Å². The SMILES string of the molecule is C=CCN(C(=O)[C@@H](C)N1C(=O)c2ccccc2Sc2ccc(C(=O)OCC)cc21)c1ccccc1. The lowest BCUT2D eigenvalue weighted by atomic mass is 10.1. The van der Waals surface area contributed by atoms with Crippen molar-refractivity contribution in [2.24, 2.45) is 0 Å². The van der Waals surface area contributed by atoms with Crippen LogP contribution in [-0.2, 0) is 9.53 Å². The maximum absolute atomic E-state index is 13.9. The number of carbonyl (C=O) groups is 3. The molecule has 0 saturated heterocycles. The van der Waals surface area contributed by atoms with E-state index < -0.39 is 12.0 Å². The van der Waals surface area contributed by atoms with E-state index in [2.05, 4.69) is 6.58 Å². The third kappa shape index (κ3) is 4.86. The summed E-state index contributed by atoms with van der Waals surface area (Å²) in [5, 5.41) is 0. The van der Waals surface area contributed by atoms with Gasteiger partial charge in [0.2, 0.25) is 5.91 Å². The Labute approximate surface area is 209 Å². The van der Waals surface area contributed by atoms with Crippen molar-refractivity contribution >= 4 is 40.9 Å². The number of anilines is 2. The normalized spacial score (nSPS) is 13.2. The van der Waals surface area contributed by atoms with Crippen molar-refractivity contribution in [1.82, 2.24) is 0 Å². The van der Waals surface area contributed by atoms with Crippen molar-refractivity contribution in [3.63, 3.8) is 0 Å². The van der Waals surface area contributed by atoms with Crippen LogP contribution in [0.2, 0.25) is 0 Å². The first-order valence-corrected chi connectivity index (χ1v) is 12.2. The van der Waals surface area contributed by atoms with E-state index >= 15 is 0 Å². The van der Waals surface area contributed by atoms with Gasteiger partial charge in [-0.3, -0.25) is 14.5 Å². The number of amides is 2. The number of hydrogen-bond donors (Lipinski definition) is 0. The molecule has 1 atom stereocenters. The van der Waals surface area contributed by atoms with Crippen LogP contribution >= 0.6 is 11.8 Å². The summed E-state index contributed by atoms with van der Waals surface area (Å²) < 4.78 is 5.17. The number of carbonyl (C=O) groups excluding carboxylic acids is 3. The van der Waals surface area contributed by atoms with Gasteiger partial charge in [0.1, 0.15) is 6.04 Å². The highest BCUT2D eigenvalue weighted by molar-refractivity contribution is 7.99. The lowest BCUT2D eigenvalue weighted by Gasteiger charge is -2.33. The average molecular weight is 487 g/mol. The third-order valence-corrected chi connectivity index (χ3v) is 6.82. The molecule has 0 fully saturated rings. The van der Waals surface area contributed by atoms with Crippen LogP contribution in [0.25, 0.3) is 0 Å². The van der Waals surface area contributed by atoms with E-state index in [9.17, 15) is 14.4 Å². The Bertz CT molecular complexity index is 1270. The van der Waals surface area contributed by atoms with Crippen LogP contribution in [0, 0.1) is 0 Å². The van der Waals surface area contributed by atoms with E-state index in [0.717, 1.165) is 9.79 Å². The second-order valence-electron chi connectivity index (χ2n) is 7.93. The van der Waals surface area contributed by atoms with E-state index in [0.29, 0.717) is 22.5 Å². The van der Waals surface area contributed by atoms with E-state index in [4.69, 9.17) is 4.74 Å². The fourth-order valence-corrected chi connectivity index (χ4v) is 5.05. The van der Waals surface area contributed by atoms with Crippen LogP contribution in [0.1, 0.15) is 34.6 Å². The number of esters is 1. The molecule has 2 amide bonds. The van der Waals surface area contributed by atoms with E-state index in [1.165, 1.54) is 16.7 Å². The molecule has 0 bridgehead atoms. The van der Waals surface area contributed by atoms with Crippen molar-refractivity contribution in [2.45, 2.75) is 29.7 Å². The third-order valence-electron chi connectivity index (χ3n) is 5.68. The van der Waals surface area contributed by atoms with Gasteiger partial charge in [-0.05, 0) is 56.3 Å².